The van der Waals surface area contributed by atoms with Gasteiger partial charge in [0.05, 0.1) is 56.2 Å². The van der Waals surface area contributed by atoms with Crippen LogP contribution < -0.4 is 5.16 Å². The van der Waals surface area contributed by atoms with Gasteiger partial charge in [-0.2, -0.15) is 0 Å². The molecule has 0 atom stereocenters. The van der Waals surface area contributed by atoms with Gasteiger partial charge >= 0.3 is 5.97 Å². The molecule has 9 nitrogen and oxygen atoms in total. The van der Waals surface area contributed by atoms with Gasteiger partial charge < -0.3 is 23.8 Å². The van der Waals surface area contributed by atoms with Gasteiger partial charge in [0, 0.05) is 50.4 Å². The second kappa shape index (κ2) is 13.0. The monoisotopic (exact) mass is 579 g/mol. The molecule has 2 aromatic rings. The van der Waals surface area contributed by atoms with Crippen molar-refractivity contribution in [3.8, 4) is 0 Å². The lowest BCUT2D eigenvalue weighted by Crippen LogP contribution is -2.53. The Morgan fingerprint density at radius 3 is 1.71 bits per heavy atom. The molecular weight excluding hydrogens is 539 g/mol. The van der Waals surface area contributed by atoms with E-state index in [-0.39, 0.29) is 5.97 Å². The van der Waals surface area contributed by atoms with Crippen molar-refractivity contribution in [2.75, 3.05) is 78.9 Å². The highest BCUT2D eigenvalue weighted by Crippen LogP contribution is 2.63. The number of rotatable bonds is 7. The second-order valence-electron chi connectivity index (χ2n) is 10.6. The summed E-state index contributed by atoms with van der Waals surface area (Å²) in [5, 5.41) is 9.03. The highest BCUT2D eigenvalue weighted by molar-refractivity contribution is 7.63. The molecule has 0 spiro atoms. The van der Waals surface area contributed by atoms with Crippen LogP contribution in [0.1, 0.15) is 28.8 Å². The number of carbonyl (C=O) groups is 1. The Kier molecular flexibility index (Phi) is 9.01. The molecule has 3 fully saturated rings. The van der Waals surface area contributed by atoms with Crippen molar-refractivity contribution in [1.82, 2.24) is 14.2 Å². The molecular formula is C31H40N4O5P+. The Morgan fingerprint density at radius 2 is 1.17 bits per heavy atom. The standard InChI is InChI=1S/C31H39N4O5P/c32-41(34-15-21-38-22-16-34,35-17-23-39-24-18-35)28-12-11-27(29(28)33-13-19-37-20-14-33)30(25-7-3-1-4-8-25)40-31(36)26-9-5-2-6-10-26/h1-10,32H,11-24H2/p+1. The summed E-state index contributed by atoms with van der Waals surface area (Å²) in [5.41, 5.74) is 3.60. The first-order chi connectivity index (χ1) is 20.2. The van der Waals surface area contributed by atoms with Crippen LogP contribution in [0.4, 0.5) is 0 Å². The molecule has 3 heterocycles. The van der Waals surface area contributed by atoms with E-state index in [1.165, 1.54) is 5.31 Å². The average Bonchev–Trinajstić information content (AvgIpc) is 3.50. The molecule has 3 aliphatic heterocycles. The Labute approximate surface area is 242 Å². The highest BCUT2D eigenvalue weighted by Gasteiger charge is 2.48. The number of benzene rings is 2. The quantitative estimate of drug-likeness (QED) is 0.304. The molecule has 4 aliphatic rings. The molecule has 1 aliphatic carbocycles. The topological polar surface area (TPSA) is 89.3 Å². The smallest absolute Gasteiger partial charge is 0.343 e. The number of esters is 1. The molecule has 0 radical (unpaired) electrons. The molecule has 10 heteroatoms. The summed E-state index contributed by atoms with van der Waals surface area (Å²) in [5.74, 6) is 0.258. The number of nitrogens with two attached hydrogens (primary N) is 1. The van der Waals surface area contributed by atoms with E-state index in [1.807, 2.05) is 48.5 Å². The van der Waals surface area contributed by atoms with E-state index in [4.69, 9.17) is 24.1 Å². The summed E-state index contributed by atoms with van der Waals surface area (Å²) in [4.78, 5) is 15.9. The van der Waals surface area contributed by atoms with E-state index in [0.29, 0.717) is 51.0 Å². The van der Waals surface area contributed by atoms with Crippen molar-refractivity contribution in [2.45, 2.75) is 12.8 Å². The van der Waals surface area contributed by atoms with Crippen molar-refractivity contribution in [1.29, 1.82) is 0 Å². The Bertz CT molecular complexity index is 1290. The normalized spacial score (nSPS) is 22.6. The summed E-state index contributed by atoms with van der Waals surface area (Å²) < 4.78 is 28.6. The fourth-order valence-corrected chi connectivity index (χ4v) is 9.82. The maximum absolute atomic E-state index is 13.5. The minimum Gasteiger partial charge on any atom is -0.422 e. The van der Waals surface area contributed by atoms with Gasteiger partial charge in [0.1, 0.15) is 5.76 Å². The lowest BCUT2D eigenvalue weighted by Gasteiger charge is -2.43. The zero-order valence-corrected chi connectivity index (χ0v) is 24.5. The summed E-state index contributed by atoms with van der Waals surface area (Å²) in [6, 6.07) is 19.2. The fourth-order valence-electron chi connectivity index (χ4n) is 6.20. The maximum atomic E-state index is 13.5. The molecule has 2 N–H and O–H groups in total. The van der Waals surface area contributed by atoms with Gasteiger partial charge in [-0.15, -0.1) is 0 Å². The van der Waals surface area contributed by atoms with Crippen LogP contribution in [0.2, 0.25) is 0 Å². The first-order valence-corrected chi connectivity index (χ1v) is 16.4. The van der Waals surface area contributed by atoms with Gasteiger partial charge in [-0.1, -0.05) is 48.5 Å². The van der Waals surface area contributed by atoms with Crippen LogP contribution in [0.3, 0.4) is 0 Å². The molecule has 0 bridgehead atoms. The molecule has 0 unspecified atom stereocenters. The van der Waals surface area contributed by atoms with Gasteiger partial charge in [0.2, 0.25) is 0 Å². The van der Waals surface area contributed by atoms with Crippen molar-refractivity contribution >= 4 is 19.1 Å². The molecule has 41 heavy (non-hydrogen) atoms. The van der Waals surface area contributed by atoms with Crippen molar-refractivity contribution in [2.24, 2.45) is 0 Å². The number of carbonyl (C=O) groups excluding carboxylic acids is 1. The van der Waals surface area contributed by atoms with Crippen molar-refractivity contribution in [3.63, 3.8) is 0 Å². The lowest BCUT2D eigenvalue weighted by atomic mass is 10.0. The number of allylic oxidation sites excluding steroid dienone is 2. The average molecular weight is 580 g/mol. The number of hydrogen-bond donors (Lipinski definition) is 1. The van der Waals surface area contributed by atoms with Gasteiger partial charge in [0.15, 0.2) is 0 Å². The first kappa shape index (κ1) is 28.3. The van der Waals surface area contributed by atoms with E-state index >= 15 is 0 Å². The third-order valence-corrected chi connectivity index (χ3v) is 12.0. The van der Waals surface area contributed by atoms with E-state index in [2.05, 4.69) is 14.2 Å². The van der Waals surface area contributed by atoms with Gasteiger partial charge in [-0.25, -0.2) is 14.1 Å². The van der Waals surface area contributed by atoms with Gasteiger partial charge in [-0.05, 0) is 25.0 Å². The molecule has 2 aromatic carbocycles. The summed E-state index contributed by atoms with van der Waals surface area (Å²) in [6.07, 6.45) is 1.57. The number of nitrogens with zero attached hydrogens (tertiary/aromatic N) is 3. The summed E-state index contributed by atoms with van der Waals surface area (Å²) in [7, 11) is -2.42. The largest absolute Gasteiger partial charge is 0.422 e. The lowest BCUT2D eigenvalue weighted by molar-refractivity contribution is -0.108. The van der Waals surface area contributed by atoms with Crippen LogP contribution in [0.25, 0.3) is 5.76 Å². The predicted molar refractivity (Wildman–Crippen MR) is 158 cm³/mol. The Morgan fingerprint density at radius 1 is 0.683 bits per heavy atom. The molecule has 6 rings (SSSR count). The van der Waals surface area contributed by atoms with Gasteiger partial charge in [0.25, 0.3) is 7.36 Å². The minimum atomic E-state index is -2.42. The van der Waals surface area contributed by atoms with Crippen LogP contribution in [0.15, 0.2) is 77.2 Å². The minimum absolute atomic E-state index is 0.359. The van der Waals surface area contributed by atoms with E-state index in [9.17, 15) is 4.79 Å². The SMILES string of the molecule is [NH2+]=P(C1=C(N2CCOCC2)C(=C(OC(=O)c2ccccc2)c2ccccc2)CC1)(N1CCOCC1)N1CCOCC1. The first-order valence-electron chi connectivity index (χ1n) is 14.6. The third-order valence-electron chi connectivity index (χ3n) is 8.25. The highest BCUT2D eigenvalue weighted by atomic mass is 31.2. The Balaban J connectivity index is 1.52. The van der Waals surface area contributed by atoms with Gasteiger partial charge in [-0.3, -0.25) is 5.16 Å². The molecule has 3 saturated heterocycles. The molecule has 0 saturated carbocycles. The third kappa shape index (κ3) is 5.93. The zero-order chi connectivity index (χ0) is 28.1. The molecule has 0 amide bonds. The molecule has 218 valence electrons. The van der Waals surface area contributed by atoms with Crippen LogP contribution in [-0.2, 0) is 18.9 Å². The predicted octanol–water partition coefficient (Wildman–Crippen LogP) is 3.05. The van der Waals surface area contributed by atoms with E-state index in [0.717, 1.165) is 68.9 Å². The van der Waals surface area contributed by atoms with Crippen LogP contribution in [0, 0.1) is 0 Å². The van der Waals surface area contributed by atoms with Crippen molar-refractivity contribution < 1.29 is 28.9 Å². The van der Waals surface area contributed by atoms with Crippen LogP contribution in [0.5, 0.6) is 0 Å². The van der Waals surface area contributed by atoms with Crippen LogP contribution >= 0.6 is 7.36 Å². The number of hydrogen-bond acceptors (Lipinski definition) is 6. The maximum Gasteiger partial charge on any atom is 0.343 e. The number of ether oxygens (including phenoxy) is 4. The fraction of sp³-hybridized carbons (Fsp3) is 0.452. The van der Waals surface area contributed by atoms with Crippen LogP contribution in [-0.4, -0.2) is 99.1 Å². The zero-order valence-electron chi connectivity index (χ0n) is 23.6. The Hall–Kier alpha value is -2.78. The summed E-state index contributed by atoms with van der Waals surface area (Å²) >= 11 is 0. The molecule has 0 aromatic heterocycles. The van der Waals surface area contributed by atoms with Crippen molar-refractivity contribution in [3.05, 3.63) is 88.4 Å². The second-order valence-corrected chi connectivity index (χ2v) is 13.6. The van der Waals surface area contributed by atoms with E-state index < -0.39 is 7.36 Å². The summed E-state index contributed by atoms with van der Waals surface area (Å²) in [6.45, 7) is 8.75. The number of morpholine rings is 3. The van der Waals surface area contributed by atoms with E-state index in [1.54, 1.807) is 12.1 Å².